The van der Waals surface area contributed by atoms with Crippen molar-refractivity contribution < 1.29 is 19.0 Å². The van der Waals surface area contributed by atoms with Crippen molar-refractivity contribution in [3.8, 4) is 11.5 Å². The van der Waals surface area contributed by atoms with Gasteiger partial charge >= 0.3 is 6.03 Å². The molecule has 1 atom stereocenters. The summed E-state index contributed by atoms with van der Waals surface area (Å²) in [4.78, 5) is 16.0. The molecule has 1 aromatic heterocycles. The number of rotatable bonds is 8. The monoisotopic (exact) mass is 345 g/mol. The molecule has 134 valence electrons. The van der Waals surface area contributed by atoms with Crippen molar-refractivity contribution >= 4 is 11.7 Å². The van der Waals surface area contributed by atoms with E-state index in [1.807, 2.05) is 25.1 Å². The van der Waals surface area contributed by atoms with E-state index in [2.05, 4.69) is 15.6 Å². The van der Waals surface area contributed by atoms with Gasteiger partial charge in [0.2, 0.25) is 0 Å². The number of methoxy groups -OCH3 is 2. The summed E-state index contributed by atoms with van der Waals surface area (Å²) in [5.74, 6) is 1.24. The van der Waals surface area contributed by atoms with Gasteiger partial charge < -0.3 is 24.8 Å². The van der Waals surface area contributed by atoms with Crippen LogP contribution in [0.25, 0.3) is 0 Å². The number of nitrogens with one attached hydrogen (secondary N) is 2. The van der Waals surface area contributed by atoms with E-state index in [-0.39, 0.29) is 12.1 Å². The standard InChI is InChI=1S/C18H23N3O4/c1-13(20-18(22)21-15-5-4-8-19-12-15)14-6-7-16(17(11-14)24-3)25-10-9-23-2/h4-8,11-13H,9-10H2,1-3H3,(H2,20,21,22). The van der Waals surface area contributed by atoms with Gasteiger partial charge in [0.25, 0.3) is 0 Å². The second-order valence-corrected chi connectivity index (χ2v) is 5.31. The molecular weight excluding hydrogens is 322 g/mol. The molecule has 0 fully saturated rings. The highest BCUT2D eigenvalue weighted by molar-refractivity contribution is 5.89. The molecule has 7 heteroatoms. The molecule has 1 heterocycles. The van der Waals surface area contributed by atoms with E-state index in [1.54, 1.807) is 38.7 Å². The molecule has 7 nitrogen and oxygen atoms in total. The van der Waals surface area contributed by atoms with E-state index in [4.69, 9.17) is 14.2 Å². The van der Waals surface area contributed by atoms with Crippen molar-refractivity contribution in [3.05, 3.63) is 48.3 Å². The zero-order valence-electron chi connectivity index (χ0n) is 14.6. The van der Waals surface area contributed by atoms with Crippen molar-refractivity contribution in [1.82, 2.24) is 10.3 Å². The number of nitrogens with zero attached hydrogens (tertiary/aromatic N) is 1. The number of hydrogen-bond acceptors (Lipinski definition) is 5. The maximum absolute atomic E-state index is 12.1. The molecular formula is C18H23N3O4. The first-order valence-electron chi connectivity index (χ1n) is 7.91. The van der Waals surface area contributed by atoms with Gasteiger partial charge in [-0.3, -0.25) is 4.98 Å². The van der Waals surface area contributed by atoms with Gasteiger partial charge in [-0.15, -0.1) is 0 Å². The van der Waals surface area contributed by atoms with Gasteiger partial charge in [-0.05, 0) is 36.8 Å². The van der Waals surface area contributed by atoms with Gasteiger partial charge in [-0.2, -0.15) is 0 Å². The summed E-state index contributed by atoms with van der Waals surface area (Å²) in [6.07, 6.45) is 3.23. The fraction of sp³-hybridized carbons (Fsp3) is 0.333. The number of pyridine rings is 1. The Hall–Kier alpha value is -2.80. The van der Waals surface area contributed by atoms with Crippen molar-refractivity contribution in [2.75, 3.05) is 32.8 Å². The summed E-state index contributed by atoms with van der Waals surface area (Å²) in [6.45, 7) is 2.83. The Kier molecular flexibility index (Phi) is 7.03. The predicted octanol–water partition coefficient (Wildman–Crippen LogP) is 3.00. The third-order valence-corrected chi connectivity index (χ3v) is 3.50. The molecule has 2 N–H and O–H groups in total. The molecule has 1 aromatic carbocycles. The van der Waals surface area contributed by atoms with Gasteiger partial charge in [0.1, 0.15) is 6.61 Å². The number of carbonyl (C=O) groups is 1. The van der Waals surface area contributed by atoms with Crippen LogP contribution >= 0.6 is 0 Å². The number of carbonyl (C=O) groups excluding carboxylic acids is 1. The average Bonchev–Trinajstić information content (AvgIpc) is 2.62. The lowest BCUT2D eigenvalue weighted by Crippen LogP contribution is -2.31. The molecule has 0 aliphatic carbocycles. The Morgan fingerprint density at radius 2 is 2.04 bits per heavy atom. The average molecular weight is 345 g/mol. The molecule has 2 aromatic rings. The molecule has 2 rings (SSSR count). The number of urea groups is 1. The summed E-state index contributed by atoms with van der Waals surface area (Å²) in [6, 6.07) is 8.56. The van der Waals surface area contributed by atoms with Crippen LogP contribution in [0.2, 0.25) is 0 Å². The maximum Gasteiger partial charge on any atom is 0.319 e. The van der Waals surface area contributed by atoms with Gasteiger partial charge in [0.15, 0.2) is 11.5 Å². The molecule has 0 aliphatic heterocycles. The highest BCUT2D eigenvalue weighted by atomic mass is 16.5. The topological polar surface area (TPSA) is 81.7 Å². The van der Waals surface area contributed by atoms with Crippen molar-refractivity contribution in [1.29, 1.82) is 0 Å². The molecule has 0 spiro atoms. The van der Waals surface area contributed by atoms with Crippen LogP contribution in [0.5, 0.6) is 11.5 Å². The predicted molar refractivity (Wildman–Crippen MR) is 95.2 cm³/mol. The lowest BCUT2D eigenvalue weighted by molar-refractivity contribution is 0.144. The largest absolute Gasteiger partial charge is 0.493 e. The molecule has 0 aliphatic rings. The fourth-order valence-corrected chi connectivity index (χ4v) is 2.19. The summed E-state index contributed by atoms with van der Waals surface area (Å²) >= 11 is 0. The van der Waals surface area contributed by atoms with Crippen LogP contribution in [-0.4, -0.2) is 38.4 Å². The van der Waals surface area contributed by atoms with Crippen LogP contribution in [0.15, 0.2) is 42.7 Å². The minimum atomic E-state index is -0.306. The fourth-order valence-electron chi connectivity index (χ4n) is 2.19. The van der Waals surface area contributed by atoms with Crippen LogP contribution in [0.3, 0.4) is 0 Å². The molecule has 1 unspecified atom stereocenters. The highest BCUT2D eigenvalue weighted by Crippen LogP contribution is 2.30. The van der Waals surface area contributed by atoms with E-state index < -0.39 is 0 Å². The van der Waals surface area contributed by atoms with Crippen LogP contribution in [0.4, 0.5) is 10.5 Å². The lowest BCUT2D eigenvalue weighted by Gasteiger charge is -2.17. The van der Waals surface area contributed by atoms with E-state index in [0.29, 0.717) is 30.4 Å². The molecule has 2 amide bonds. The SMILES string of the molecule is COCCOc1ccc(C(C)NC(=O)Nc2cccnc2)cc1OC. The molecule has 0 saturated heterocycles. The molecule has 0 bridgehead atoms. The van der Waals surface area contributed by atoms with E-state index in [9.17, 15) is 4.79 Å². The van der Waals surface area contributed by atoms with Crippen molar-refractivity contribution in [2.24, 2.45) is 0 Å². The number of ether oxygens (including phenoxy) is 3. The first-order chi connectivity index (χ1) is 12.1. The Balaban J connectivity index is 1.98. The lowest BCUT2D eigenvalue weighted by atomic mass is 10.1. The second kappa shape index (κ2) is 9.48. The summed E-state index contributed by atoms with van der Waals surface area (Å²) in [5.41, 5.74) is 1.53. The Bertz CT molecular complexity index is 679. The van der Waals surface area contributed by atoms with Crippen LogP contribution in [0, 0.1) is 0 Å². The number of aromatic nitrogens is 1. The summed E-state index contributed by atoms with van der Waals surface area (Å²) in [5, 5.41) is 5.61. The first kappa shape index (κ1) is 18.5. The van der Waals surface area contributed by atoms with Crippen molar-refractivity contribution in [3.63, 3.8) is 0 Å². The van der Waals surface area contributed by atoms with Gasteiger partial charge in [-0.25, -0.2) is 4.79 Å². The smallest absolute Gasteiger partial charge is 0.319 e. The zero-order valence-corrected chi connectivity index (χ0v) is 14.6. The second-order valence-electron chi connectivity index (χ2n) is 5.31. The van der Waals surface area contributed by atoms with Crippen LogP contribution in [-0.2, 0) is 4.74 Å². The third kappa shape index (κ3) is 5.65. The van der Waals surface area contributed by atoms with E-state index >= 15 is 0 Å². The maximum atomic E-state index is 12.1. The van der Waals surface area contributed by atoms with E-state index in [1.165, 1.54) is 0 Å². The number of hydrogen-bond donors (Lipinski definition) is 2. The summed E-state index contributed by atoms with van der Waals surface area (Å²) in [7, 11) is 3.20. The highest BCUT2D eigenvalue weighted by Gasteiger charge is 2.13. The molecule has 0 radical (unpaired) electrons. The van der Waals surface area contributed by atoms with Gasteiger partial charge in [0.05, 0.1) is 31.6 Å². The third-order valence-electron chi connectivity index (χ3n) is 3.50. The van der Waals surface area contributed by atoms with Crippen LogP contribution in [0.1, 0.15) is 18.5 Å². The normalized spacial score (nSPS) is 11.5. The van der Waals surface area contributed by atoms with E-state index in [0.717, 1.165) is 5.56 Å². The molecule has 0 saturated carbocycles. The Morgan fingerprint density at radius 3 is 2.72 bits per heavy atom. The number of anilines is 1. The number of amides is 2. The Morgan fingerprint density at radius 1 is 1.20 bits per heavy atom. The van der Waals surface area contributed by atoms with Gasteiger partial charge in [0, 0.05) is 13.3 Å². The van der Waals surface area contributed by atoms with Crippen molar-refractivity contribution in [2.45, 2.75) is 13.0 Å². The summed E-state index contributed by atoms with van der Waals surface area (Å²) < 4.78 is 15.9. The minimum Gasteiger partial charge on any atom is -0.493 e. The first-order valence-corrected chi connectivity index (χ1v) is 7.91. The number of benzene rings is 1. The molecule has 25 heavy (non-hydrogen) atoms. The van der Waals surface area contributed by atoms with Crippen LogP contribution < -0.4 is 20.1 Å². The minimum absolute atomic E-state index is 0.210. The van der Waals surface area contributed by atoms with Gasteiger partial charge in [-0.1, -0.05) is 6.07 Å². The zero-order chi connectivity index (χ0) is 18.1. The quantitative estimate of drug-likeness (QED) is 0.719. The Labute approximate surface area is 147 Å².